The first-order valence-corrected chi connectivity index (χ1v) is 6.72. The summed E-state index contributed by atoms with van der Waals surface area (Å²) >= 11 is 0. The molecule has 0 aliphatic heterocycles. The van der Waals surface area contributed by atoms with Gasteiger partial charge in [-0.25, -0.2) is 8.78 Å². The van der Waals surface area contributed by atoms with Crippen LogP contribution < -0.4 is 15.4 Å². The molecule has 2 aromatic rings. The molecule has 1 amide bonds. The smallest absolute Gasteiger partial charge is 0.226 e. The predicted molar refractivity (Wildman–Crippen MR) is 81.1 cm³/mol. The molecular formula is C16H16F2N2O2. The van der Waals surface area contributed by atoms with Crippen LogP contribution in [0.25, 0.3) is 0 Å². The number of anilines is 2. The van der Waals surface area contributed by atoms with Gasteiger partial charge in [-0.3, -0.25) is 4.79 Å². The van der Waals surface area contributed by atoms with Crippen molar-refractivity contribution in [2.75, 3.05) is 24.3 Å². The molecule has 0 aliphatic carbocycles. The Bertz CT molecular complexity index is 642. The van der Waals surface area contributed by atoms with E-state index in [1.54, 1.807) is 24.3 Å². The van der Waals surface area contributed by atoms with Gasteiger partial charge >= 0.3 is 0 Å². The molecule has 0 radical (unpaired) electrons. The molecule has 0 heterocycles. The fourth-order valence-corrected chi connectivity index (χ4v) is 1.89. The Labute approximate surface area is 127 Å². The molecule has 0 aliphatic rings. The Morgan fingerprint density at radius 1 is 1.14 bits per heavy atom. The summed E-state index contributed by atoms with van der Waals surface area (Å²) in [6.07, 6.45) is 0.0744. The highest BCUT2D eigenvalue weighted by Crippen LogP contribution is 2.18. The molecule has 0 unspecified atom stereocenters. The summed E-state index contributed by atoms with van der Waals surface area (Å²) < 4.78 is 31.8. The number of carbonyl (C=O) groups is 1. The van der Waals surface area contributed by atoms with Crippen molar-refractivity contribution in [3.63, 3.8) is 0 Å². The molecule has 116 valence electrons. The van der Waals surface area contributed by atoms with Crippen LogP contribution in [-0.4, -0.2) is 19.6 Å². The lowest BCUT2D eigenvalue weighted by Crippen LogP contribution is -2.17. The van der Waals surface area contributed by atoms with Gasteiger partial charge in [-0.1, -0.05) is 12.1 Å². The van der Waals surface area contributed by atoms with E-state index in [0.717, 1.165) is 12.1 Å². The molecule has 2 N–H and O–H groups in total. The molecule has 0 saturated carbocycles. The zero-order valence-electron chi connectivity index (χ0n) is 12.0. The van der Waals surface area contributed by atoms with Crippen LogP contribution in [0.3, 0.4) is 0 Å². The van der Waals surface area contributed by atoms with Crippen molar-refractivity contribution in [2.45, 2.75) is 6.42 Å². The zero-order chi connectivity index (χ0) is 15.9. The van der Waals surface area contributed by atoms with E-state index in [1.165, 1.54) is 13.2 Å². The Morgan fingerprint density at radius 3 is 2.50 bits per heavy atom. The van der Waals surface area contributed by atoms with E-state index in [1.807, 2.05) is 0 Å². The summed E-state index contributed by atoms with van der Waals surface area (Å²) in [6.45, 7) is 0.119. The van der Waals surface area contributed by atoms with E-state index in [2.05, 4.69) is 10.6 Å². The number of para-hydroxylation sites is 1. The summed E-state index contributed by atoms with van der Waals surface area (Å²) in [5, 5.41) is 5.27. The largest absolute Gasteiger partial charge is 0.497 e. The molecule has 0 spiro atoms. The maximum absolute atomic E-state index is 13.4. The van der Waals surface area contributed by atoms with Crippen LogP contribution in [0.4, 0.5) is 20.2 Å². The molecule has 4 nitrogen and oxygen atoms in total. The highest BCUT2D eigenvalue weighted by Gasteiger charge is 2.08. The molecule has 2 rings (SSSR count). The van der Waals surface area contributed by atoms with Crippen LogP contribution in [0.2, 0.25) is 0 Å². The topological polar surface area (TPSA) is 50.4 Å². The predicted octanol–water partition coefficient (Wildman–Crippen LogP) is 3.41. The second-order valence-corrected chi connectivity index (χ2v) is 4.55. The highest BCUT2D eigenvalue weighted by molar-refractivity contribution is 5.91. The molecule has 0 fully saturated rings. The normalized spacial score (nSPS) is 10.1. The molecule has 0 atom stereocenters. The maximum atomic E-state index is 13.4. The summed E-state index contributed by atoms with van der Waals surface area (Å²) in [7, 11) is 1.54. The van der Waals surface area contributed by atoms with Crippen LogP contribution in [-0.2, 0) is 4.79 Å². The quantitative estimate of drug-likeness (QED) is 0.860. The number of amides is 1. The maximum Gasteiger partial charge on any atom is 0.226 e. The van der Waals surface area contributed by atoms with Crippen molar-refractivity contribution in [3.8, 4) is 5.75 Å². The van der Waals surface area contributed by atoms with Crippen molar-refractivity contribution >= 4 is 17.3 Å². The first kappa shape index (κ1) is 15.8. The monoisotopic (exact) mass is 306 g/mol. The Morgan fingerprint density at radius 2 is 1.82 bits per heavy atom. The van der Waals surface area contributed by atoms with Gasteiger partial charge in [0.05, 0.1) is 7.11 Å². The fraction of sp³-hybridized carbons (Fsp3) is 0.188. The van der Waals surface area contributed by atoms with Gasteiger partial charge in [-0.2, -0.15) is 0 Å². The number of benzene rings is 2. The molecule has 22 heavy (non-hydrogen) atoms. The van der Waals surface area contributed by atoms with Crippen molar-refractivity contribution in [2.24, 2.45) is 0 Å². The number of rotatable bonds is 6. The van der Waals surface area contributed by atoms with E-state index in [0.29, 0.717) is 11.4 Å². The molecule has 6 heteroatoms. The van der Waals surface area contributed by atoms with Crippen LogP contribution >= 0.6 is 0 Å². The van der Waals surface area contributed by atoms with E-state index in [-0.39, 0.29) is 24.6 Å². The molecule has 2 aromatic carbocycles. The van der Waals surface area contributed by atoms with Gasteiger partial charge in [-0.05, 0) is 24.3 Å². The van der Waals surface area contributed by atoms with Gasteiger partial charge in [0.15, 0.2) is 0 Å². The molecule has 0 saturated heterocycles. The first-order valence-electron chi connectivity index (χ1n) is 6.72. The lowest BCUT2D eigenvalue weighted by molar-refractivity contribution is -0.115. The number of halogens is 2. The van der Waals surface area contributed by atoms with Gasteiger partial charge in [0.25, 0.3) is 0 Å². The van der Waals surface area contributed by atoms with Crippen LogP contribution in [0, 0.1) is 11.6 Å². The Hall–Kier alpha value is -2.63. The van der Waals surface area contributed by atoms with Crippen LogP contribution in [0.1, 0.15) is 6.42 Å². The Balaban J connectivity index is 1.85. The zero-order valence-corrected chi connectivity index (χ0v) is 12.0. The third-order valence-corrected chi connectivity index (χ3v) is 2.97. The first-order chi connectivity index (χ1) is 10.6. The number of ether oxygens (including phenoxy) is 1. The van der Waals surface area contributed by atoms with Crippen LogP contribution in [0.5, 0.6) is 5.75 Å². The van der Waals surface area contributed by atoms with Gasteiger partial charge in [0.1, 0.15) is 23.1 Å². The number of methoxy groups -OCH3 is 1. The van der Waals surface area contributed by atoms with Crippen molar-refractivity contribution in [1.82, 2.24) is 0 Å². The second kappa shape index (κ2) is 7.40. The van der Waals surface area contributed by atoms with E-state index in [4.69, 9.17) is 4.74 Å². The SMILES string of the molecule is COc1cccc(NC(=O)CCNc2c(F)cccc2F)c1. The van der Waals surface area contributed by atoms with Gasteiger partial charge in [0.2, 0.25) is 5.91 Å². The minimum atomic E-state index is -0.687. The van der Waals surface area contributed by atoms with Crippen LogP contribution in [0.15, 0.2) is 42.5 Å². The van der Waals surface area contributed by atoms with Gasteiger partial charge in [0, 0.05) is 24.7 Å². The van der Waals surface area contributed by atoms with E-state index in [9.17, 15) is 13.6 Å². The number of nitrogens with one attached hydrogen (secondary N) is 2. The Kier molecular flexibility index (Phi) is 5.30. The van der Waals surface area contributed by atoms with Crippen molar-refractivity contribution in [3.05, 3.63) is 54.1 Å². The average Bonchev–Trinajstić information content (AvgIpc) is 2.50. The second-order valence-electron chi connectivity index (χ2n) is 4.55. The molecular weight excluding hydrogens is 290 g/mol. The lowest BCUT2D eigenvalue weighted by Gasteiger charge is -2.09. The third-order valence-electron chi connectivity index (χ3n) is 2.97. The van der Waals surface area contributed by atoms with Crippen molar-refractivity contribution < 1.29 is 18.3 Å². The average molecular weight is 306 g/mol. The number of hydrogen-bond acceptors (Lipinski definition) is 3. The summed E-state index contributed by atoms with van der Waals surface area (Å²) in [5.41, 5.74) is 0.373. The lowest BCUT2D eigenvalue weighted by atomic mass is 10.2. The standard InChI is InChI=1S/C16H16F2N2O2/c1-22-12-5-2-4-11(10-12)20-15(21)8-9-19-16-13(17)6-3-7-14(16)18/h2-7,10,19H,8-9H2,1H3,(H,20,21). The number of hydrogen-bond donors (Lipinski definition) is 2. The minimum absolute atomic E-state index is 0.0744. The summed E-state index contributed by atoms with van der Waals surface area (Å²) in [6, 6.07) is 10.5. The summed E-state index contributed by atoms with van der Waals surface area (Å²) in [4.78, 5) is 11.8. The minimum Gasteiger partial charge on any atom is -0.497 e. The van der Waals surface area contributed by atoms with E-state index < -0.39 is 11.6 Å². The third kappa shape index (κ3) is 4.18. The van der Waals surface area contributed by atoms with E-state index >= 15 is 0 Å². The fourth-order valence-electron chi connectivity index (χ4n) is 1.89. The van der Waals surface area contributed by atoms with Gasteiger partial charge < -0.3 is 15.4 Å². The summed E-state index contributed by atoms with van der Waals surface area (Å²) in [5.74, 6) is -1.01. The molecule has 0 bridgehead atoms. The molecule has 0 aromatic heterocycles. The highest BCUT2D eigenvalue weighted by atomic mass is 19.1. The number of carbonyl (C=O) groups excluding carboxylic acids is 1. The van der Waals surface area contributed by atoms with Crippen molar-refractivity contribution in [1.29, 1.82) is 0 Å². The van der Waals surface area contributed by atoms with Gasteiger partial charge in [-0.15, -0.1) is 0 Å².